The maximum absolute atomic E-state index is 13.0. The van der Waals surface area contributed by atoms with Crippen LogP contribution in [0.15, 0.2) is 30.3 Å². The number of rotatable bonds is 3. The van der Waals surface area contributed by atoms with Gasteiger partial charge in [-0.1, -0.05) is 36.8 Å². The SMILES string of the molecule is CN1CCCCC1C(=O)N1CC2OCCN(Cc3ccccc3)C2C1. The lowest BCUT2D eigenvalue weighted by atomic mass is 10.0. The minimum absolute atomic E-state index is 0.0662. The highest BCUT2D eigenvalue weighted by Crippen LogP contribution is 2.27. The molecule has 1 amide bonds. The molecular formula is C20H29N3O2. The van der Waals surface area contributed by atoms with Crippen LogP contribution in [0, 0.1) is 0 Å². The predicted molar refractivity (Wildman–Crippen MR) is 97.2 cm³/mol. The van der Waals surface area contributed by atoms with Gasteiger partial charge in [0, 0.05) is 26.2 Å². The van der Waals surface area contributed by atoms with Crippen molar-refractivity contribution in [3.8, 4) is 0 Å². The molecule has 0 bridgehead atoms. The van der Waals surface area contributed by atoms with E-state index in [1.807, 2.05) is 0 Å². The highest BCUT2D eigenvalue weighted by atomic mass is 16.5. The molecule has 3 aliphatic heterocycles. The molecule has 0 radical (unpaired) electrons. The second-order valence-electron chi connectivity index (χ2n) is 7.67. The number of benzene rings is 1. The van der Waals surface area contributed by atoms with Crippen molar-refractivity contribution in [2.75, 3.05) is 39.8 Å². The Labute approximate surface area is 150 Å². The summed E-state index contributed by atoms with van der Waals surface area (Å²) in [6.45, 7) is 5.24. The quantitative estimate of drug-likeness (QED) is 0.835. The Kier molecular flexibility index (Phi) is 5.06. The van der Waals surface area contributed by atoms with Crippen molar-refractivity contribution in [2.24, 2.45) is 0 Å². The van der Waals surface area contributed by atoms with E-state index < -0.39 is 0 Å². The zero-order valence-corrected chi connectivity index (χ0v) is 15.1. The van der Waals surface area contributed by atoms with Gasteiger partial charge in [-0.15, -0.1) is 0 Å². The first-order chi connectivity index (χ1) is 12.2. The highest BCUT2D eigenvalue weighted by molar-refractivity contribution is 5.82. The van der Waals surface area contributed by atoms with Crippen molar-refractivity contribution in [3.05, 3.63) is 35.9 Å². The van der Waals surface area contributed by atoms with E-state index in [0.29, 0.717) is 11.9 Å². The first kappa shape index (κ1) is 17.0. The number of fused-ring (bicyclic) bond motifs is 1. The number of nitrogens with zero attached hydrogens (tertiary/aromatic N) is 3. The van der Waals surface area contributed by atoms with E-state index in [4.69, 9.17) is 4.74 Å². The number of piperidine rings is 1. The smallest absolute Gasteiger partial charge is 0.240 e. The van der Waals surface area contributed by atoms with Crippen molar-refractivity contribution >= 4 is 5.91 Å². The summed E-state index contributed by atoms with van der Waals surface area (Å²) in [5.74, 6) is 0.305. The third kappa shape index (κ3) is 3.59. The minimum atomic E-state index is 0.0662. The third-order valence-corrected chi connectivity index (χ3v) is 6.01. The number of likely N-dealkylation sites (N-methyl/N-ethyl adjacent to an activating group) is 1. The summed E-state index contributed by atoms with van der Waals surface area (Å²) in [4.78, 5) is 19.8. The highest BCUT2D eigenvalue weighted by Gasteiger charge is 2.43. The molecule has 4 rings (SSSR count). The average molecular weight is 343 g/mol. The Morgan fingerprint density at radius 2 is 2.00 bits per heavy atom. The number of hydrogen-bond acceptors (Lipinski definition) is 4. The second kappa shape index (κ2) is 7.44. The van der Waals surface area contributed by atoms with Crippen LogP contribution in [0.25, 0.3) is 0 Å². The van der Waals surface area contributed by atoms with E-state index in [-0.39, 0.29) is 12.1 Å². The van der Waals surface area contributed by atoms with Crippen LogP contribution >= 0.6 is 0 Å². The van der Waals surface area contributed by atoms with E-state index >= 15 is 0 Å². The lowest BCUT2D eigenvalue weighted by Gasteiger charge is -2.36. The molecule has 3 fully saturated rings. The fourth-order valence-corrected chi connectivity index (χ4v) is 4.55. The van der Waals surface area contributed by atoms with Crippen LogP contribution in [0.2, 0.25) is 0 Å². The Bertz CT molecular complexity index is 594. The number of ether oxygens (including phenoxy) is 1. The van der Waals surface area contributed by atoms with Crippen LogP contribution in [0.3, 0.4) is 0 Å². The van der Waals surface area contributed by atoms with Crippen molar-refractivity contribution in [3.63, 3.8) is 0 Å². The van der Waals surface area contributed by atoms with Gasteiger partial charge in [-0.05, 0) is 32.0 Å². The number of likely N-dealkylation sites (tertiary alicyclic amines) is 2. The van der Waals surface area contributed by atoms with E-state index in [0.717, 1.165) is 52.2 Å². The molecule has 0 saturated carbocycles. The van der Waals surface area contributed by atoms with Gasteiger partial charge >= 0.3 is 0 Å². The van der Waals surface area contributed by atoms with Gasteiger partial charge in [-0.3, -0.25) is 14.6 Å². The fourth-order valence-electron chi connectivity index (χ4n) is 4.55. The maximum atomic E-state index is 13.0. The van der Waals surface area contributed by atoms with Gasteiger partial charge in [0.05, 0.1) is 24.8 Å². The molecule has 3 unspecified atom stereocenters. The molecule has 3 atom stereocenters. The first-order valence-electron chi connectivity index (χ1n) is 9.61. The number of morpholine rings is 1. The van der Waals surface area contributed by atoms with Crippen molar-refractivity contribution in [1.29, 1.82) is 0 Å². The first-order valence-corrected chi connectivity index (χ1v) is 9.61. The second-order valence-corrected chi connectivity index (χ2v) is 7.67. The predicted octanol–water partition coefficient (Wildman–Crippen LogP) is 1.58. The zero-order valence-electron chi connectivity index (χ0n) is 15.1. The molecule has 25 heavy (non-hydrogen) atoms. The minimum Gasteiger partial charge on any atom is -0.373 e. The van der Waals surface area contributed by atoms with Gasteiger partial charge in [-0.25, -0.2) is 0 Å². The molecule has 5 nitrogen and oxygen atoms in total. The standard InChI is InChI=1S/C20H29N3O2/c1-21-10-6-5-9-17(21)20(24)23-14-18-19(15-23)25-12-11-22(18)13-16-7-3-2-4-8-16/h2-4,7-8,17-19H,5-6,9-15H2,1H3. The molecule has 0 aromatic heterocycles. The summed E-state index contributed by atoms with van der Waals surface area (Å²) >= 11 is 0. The molecule has 0 aliphatic carbocycles. The summed E-state index contributed by atoms with van der Waals surface area (Å²) in [5, 5.41) is 0. The summed E-state index contributed by atoms with van der Waals surface area (Å²) in [6, 6.07) is 11.0. The molecular weight excluding hydrogens is 314 g/mol. The van der Waals surface area contributed by atoms with Crippen LogP contribution in [0.5, 0.6) is 0 Å². The van der Waals surface area contributed by atoms with Crippen LogP contribution < -0.4 is 0 Å². The molecule has 3 heterocycles. The van der Waals surface area contributed by atoms with Gasteiger partial charge in [0.25, 0.3) is 0 Å². The molecule has 3 saturated heterocycles. The lowest BCUT2D eigenvalue weighted by molar-refractivity contribution is -0.137. The van der Waals surface area contributed by atoms with Crippen molar-refractivity contribution < 1.29 is 9.53 Å². The lowest BCUT2D eigenvalue weighted by Crippen LogP contribution is -2.50. The average Bonchev–Trinajstić information content (AvgIpc) is 3.08. The van der Waals surface area contributed by atoms with E-state index in [1.54, 1.807) is 0 Å². The Morgan fingerprint density at radius 1 is 1.16 bits per heavy atom. The van der Waals surface area contributed by atoms with Crippen molar-refractivity contribution in [2.45, 2.75) is 44.0 Å². The molecule has 1 aromatic rings. The summed E-state index contributed by atoms with van der Waals surface area (Å²) in [7, 11) is 2.09. The van der Waals surface area contributed by atoms with Crippen LogP contribution in [-0.4, -0.2) is 78.6 Å². The third-order valence-electron chi connectivity index (χ3n) is 6.01. The maximum Gasteiger partial charge on any atom is 0.240 e. The molecule has 0 N–H and O–H groups in total. The van der Waals surface area contributed by atoms with Gasteiger partial charge in [0.1, 0.15) is 0 Å². The number of amides is 1. The number of carbonyl (C=O) groups excluding carboxylic acids is 1. The number of carbonyl (C=O) groups is 1. The van der Waals surface area contributed by atoms with Gasteiger partial charge in [-0.2, -0.15) is 0 Å². The molecule has 5 heteroatoms. The van der Waals surface area contributed by atoms with Gasteiger partial charge in [0.2, 0.25) is 5.91 Å². The molecule has 0 spiro atoms. The monoisotopic (exact) mass is 343 g/mol. The molecule has 3 aliphatic rings. The Balaban J connectivity index is 1.42. The molecule has 1 aromatic carbocycles. The summed E-state index contributed by atoms with van der Waals surface area (Å²) in [6.07, 6.45) is 3.53. The van der Waals surface area contributed by atoms with Gasteiger partial charge in [0.15, 0.2) is 0 Å². The summed E-state index contributed by atoms with van der Waals surface area (Å²) < 4.78 is 6.02. The fraction of sp³-hybridized carbons (Fsp3) is 0.650. The van der Waals surface area contributed by atoms with E-state index in [9.17, 15) is 4.79 Å². The summed E-state index contributed by atoms with van der Waals surface area (Å²) in [5.41, 5.74) is 1.33. The van der Waals surface area contributed by atoms with E-state index in [2.05, 4.69) is 52.1 Å². The van der Waals surface area contributed by atoms with E-state index in [1.165, 1.54) is 12.0 Å². The number of hydrogen-bond donors (Lipinski definition) is 0. The van der Waals surface area contributed by atoms with Crippen LogP contribution in [0.4, 0.5) is 0 Å². The van der Waals surface area contributed by atoms with Gasteiger partial charge < -0.3 is 9.64 Å². The molecule has 136 valence electrons. The van der Waals surface area contributed by atoms with Crippen LogP contribution in [-0.2, 0) is 16.1 Å². The van der Waals surface area contributed by atoms with Crippen LogP contribution in [0.1, 0.15) is 24.8 Å². The zero-order chi connectivity index (χ0) is 17.2. The normalized spacial score (nSPS) is 31.1. The largest absolute Gasteiger partial charge is 0.373 e. The van der Waals surface area contributed by atoms with Crippen molar-refractivity contribution in [1.82, 2.24) is 14.7 Å². The Hall–Kier alpha value is -1.43. The topological polar surface area (TPSA) is 36.0 Å². The Morgan fingerprint density at radius 3 is 2.80 bits per heavy atom.